The number of hydrogen-bond acceptors (Lipinski definition) is 12. The van der Waals surface area contributed by atoms with Crippen LogP contribution in [0.2, 0.25) is 0 Å². The summed E-state index contributed by atoms with van der Waals surface area (Å²) >= 11 is 0. The van der Waals surface area contributed by atoms with Crippen molar-refractivity contribution < 1.29 is 156 Å². The molecule has 1 unspecified atom stereocenters. The van der Waals surface area contributed by atoms with Crippen LogP contribution in [0, 0.1) is 0 Å². The smallest absolute Gasteiger partial charge is 1.00 e. The van der Waals surface area contributed by atoms with E-state index in [4.69, 9.17) is 24.1 Å². The van der Waals surface area contributed by atoms with Crippen LogP contribution >= 0.6 is 0 Å². The number of carbonyl (C=O) groups excluding carboxylic acids is 5. The van der Waals surface area contributed by atoms with Crippen LogP contribution in [0.3, 0.4) is 0 Å². The zero-order valence-electron chi connectivity index (χ0n) is 40.2. The molecule has 0 bridgehead atoms. The van der Waals surface area contributed by atoms with Crippen molar-refractivity contribution in [1.29, 1.82) is 0 Å². The molecule has 59 heavy (non-hydrogen) atoms. The van der Waals surface area contributed by atoms with Crippen molar-refractivity contribution >= 4 is 40.0 Å². The van der Waals surface area contributed by atoms with Gasteiger partial charge in [0.25, 0.3) is 0 Å². The molecular weight excluding hydrogens is 829 g/mol. The molecule has 2 N–H and O–H groups in total. The molecule has 0 radical (unpaired) electrons. The van der Waals surface area contributed by atoms with E-state index in [2.05, 4.69) is 20.8 Å². The van der Waals surface area contributed by atoms with E-state index >= 15 is 0 Å². The van der Waals surface area contributed by atoms with Crippen LogP contribution < -0.4 is 109 Å². The fourth-order valence-electron chi connectivity index (χ4n) is 6.40. The van der Waals surface area contributed by atoms with Crippen LogP contribution in [-0.2, 0) is 52.5 Å². The van der Waals surface area contributed by atoms with E-state index in [9.17, 15) is 32.4 Å². The van der Waals surface area contributed by atoms with Crippen LogP contribution in [0.25, 0.3) is 0 Å². The van der Waals surface area contributed by atoms with E-state index < -0.39 is 64.1 Å². The van der Waals surface area contributed by atoms with Crippen LogP contribution in [0.5, 0.6) is 0 Å². The minimum atomic E-state index is -5.03. The van der Waals surface area contributed by atoms with E-state index in [0.29, 0.717) is 19.3 Å². The van der Waals surface area contributed by atoms with Crippen LogP contribution in [0.4, 0.5) is 0 Å². The topological polar surface area (TPSA) is 182 Å². The molecule has 0 heterocycles. The molecule has 0 aliphatic heterocycles. The SMILES string of the molecule is CCCCCCCCCCCCOC(=O)CC(C(=O)OCCCCCCCCCCCC)S(=O)(=O)OC(=O)[C@@H](N)CCC(=O)OC(=O)CCCCCCCCCC.[H-].[H-].[K+].[K+]. The summed E-state index contributed by atoms with van der Waals surface area (Å²) < 4.78 is 46.5. The standard InChI is InChI=1S/C44H81NO11S.2K.2H/c1-4-7-10-13-16-19-21-24-27-30-35-53-42(48)37-39(44(50)54-36-31-28-25-22-20-17-14-11-8-5-2)57(51,52)56-43(49)38(45)33-34-41(47)55-40(46)32-29-26-23-18-15-12-9-6-3;;;;/h38-39H,4-37,45H2,1-3H3;;;;/q;2*+1;2*-1/t38-,39?;;;;/m0..../s1. The Balaban J connectivity index is -0.00000261. The molecule has 0 aliphatic carbocycles. The first-order chi connectivity index (χ1) is 27.5. The maximum absolute atomic E-state index is 13.2. The largest absolute Gasteiger partial charge is 1.00 e. The molecule has 15 heteroatoms. The average Bonchev–Trinajstić information content (AvgIpc) is 3.17. The minimum Gasteiger partial charge on any atom is -1.00 e. The quantitative estimate of drug-likeness (QED) is 0.0228. The van der Waals surface area contributed by atoms with Gasteiger partial charge in [-0.15, -0.1) is 0 Å². The Kier molecular flexibility index (Phi) is 49.2. The van der Waals surface area contributed by atoms with Gasteiger partial charge in [0.2, 0.25) is 5.25 Å². The van der Waals surface area contributed by atoms with Crippen LogP contribution in [-0.4, -0.2) is 62.8 Å². The van der Waals surface area contributed by atoms with Crippen molar-refractivity contribution in [3.8, 4) is 0 Å². The molecule has 0 aromatic rings. The Labute approximate surface area is 447 Å². The van der Waals surface area contributed by atoms with Crippen molar-refractivity contribution in [2.75, 3.05) is 13.2 Å². The van der Waals surface area contributed by atoms with Gasteiger partial charge in [0, 0.05) is 12.8 Å². The zero-order chi connectivity index (χ0) is 42.4. The Morgan fingerprint density at radius 2 is 0.831 bits per heavy atom. The third-order valence-electron chi connectivity index (χ3n) is 10.1. The van der Waals surface area contributed by atoms with Crippen molar-refractivity contribution in [3.05, 3.63) is 0 Å². The summed E-state index contributed by atoms with van der Waals surface area (Å²) in [5, 5.41) is -2.14. The molecule has 0 rings (SSSR count). The van der Waals surface area contributed by atoms with Crippen LogP contribution in [0.15, 0.2) is 0 Å². The van der Waals surface area contributed by atoms with Gasteiger partial charge in [-0.25, -0.2) is 4.79 Å². The first-order valence-electron chi connectivity index (χ1n) is 22.8. The molecule has 0 fully saturated rings. The van der Waals surface area contributed by atoms with E-state index in [1.54, 1.807) is 0 Å². The van der Waals surface area contributed by atoms with Gasteiger partial charge in [-0.1, -0.05) is 181 Å². The predicted molar refractivity (Wildman–Crippen MR) is 227 cm³/mol. The molecule has 338 valence electrons. The Morgan fingerprint density at radius 3 is 1.25 bits per heavy atom. The molecule has 0 spiro atoms. The van der Waals surface area contributed by atoms with Gasteiger partial charge in [0.15, 0.2) is 0 Å². The predicted octanol–water partition coefficient (Wildman–Crippen LogP) is 4.49. The number of nitrogens with two attached hydrogens (primary N) is 1. The molecular formula is C44H83K2NO11S. The van der Waals surface area contributed by atoms with Gasteiger partial charge < -0.3 is 27.0 Å². The van der Waals surface area contributed by atoms with Gasteiger partial charge in [-0.05, 0) is 25.7 Å². The number of unbranched alkanes of at least 4 members (excludes halogenated alkanes) is 25. The molecule has 2 atom stereocenters. The molecule has 0 aromatic heterocycles. The van der Waals surface area contributed by atoms with Crippen molar-refractivity contribution in [2.45, 2.75) is 238 Å². The molecule has 0 aromatic carbocycles. The Bertz CT molecular complexity index is 1190. The monoisotopic (exact) mass is 911 g/mol. The average molecular weight is 912 g/mol. The van der Waals surface area contributed by atoms with Crippen LogP contribution in [0.1, 0.15) is 229 Å². The molecule has 12 nitrogen and oxygen atoms in total. The van der Waals surface area contributed by atoms with Crippen molar-refractivity contribution in [3.63, 3.8) is 0 Å². The third-order valence-corrected chi connectivity index (χ3v) is 11.5. The minimum absolute atomic E-state index is 0. The number of carbonyl (C=O) groups is 5. The van der Waals surface area contributed by atoms with Crippen molar-refractivity contribution in [2.24, 2.45) is 5.73 Å². The van der Waals surface area contributed by atoms with E-state index in [1.807, 2.05) is 0 Å². The normalized spacial score (nSPS) is 12.1. The van der Waals surface area contributed by atoms with E-state index in [-0.39, 0.29) is 132 Å². The number of hydrogen-bond donors (Lipinski definition) is 1. The van der Waals surface area contributed by atoms with Crippen molar-refractivity contribution in [1.82, 2.24) is 0 Å². The van der Waals surface area contributed by atoms with Gasteiger partial charge in [-0.2, -0.15) is 8.42 Å². The molecule has 0 saturated heterocycles. The molecule has 0 amide bonds. The second-order valence-corrected chi connectivity index (χ2v) is 17.3. The zero-order valence-corrected chi connectivity index (χ0v) is 45.2. The molecule has 0 saturated carbocycles. The maximum Gasteiger partial charge on any atom is 1.00 e. The summed E-state index contributed by atoms with van der Waals surface area (Å²) in [6, 6.07) is -1.58. The Morgan fingerprint density at radius 1 is 0.475 bits per heavy atom. The summed E-state index contributed by atoms with van der Waals surface area (Å²) in [5.41, 5.74) is 5.83. The first-order valence-corrected chi connectivity index (χ1v) is 24.2. The van der Waals surface area contributed by atoms with E-state index in [0.717, 1.165) is 77.0 Å². The van der Waals surface area contributed by atoms with Gasteiger partial charge in [0.05, 0.1) is 19.6 Å². The van der Waals surface area contributed by atoms with Gasteiger partial charge in [-0.3, -0.25) is 19.2 Å². The summed E-state index contributed by atoms with van der Waals surface area (Å²) in [7, 11) is -5.03. The fraction of sp³-hybridized carbons (Fsp3) is 0.886. The molecule has 0 aliphatic rings. The summed E-state index contributed by atoms with van der Waals surface area (Å²) in [6.07, 6.45) is 28.2. The maximum atomic E-state index is 13.2. The first kappa shape index (κ1) is 64.0. The van der Waals surface area contributed by atoms with Gasteiger partial charge in [0.1, 0.15) is 6.04 Å². The summed E-state index contributed by atoms with van der Waals surface area (Å²) in [6.45, 7) is 6.55. The number of esters is 4. The van der Waals surface area contributed by atoms with E-state index in [1.165, 1.54) is 83.5 Å². The number of ether oxygens (including phenoxy) is 3. The second kappa shape index (κ2) is 45.3. The van der Waals surface area contributed by atoms with Gasteiger partial charge >= 0.3 is 143 Å². The third kappa shape index (κ3) is 40.0. The fourth-order valence-corrected chi connectivity index (χ4v) is 7.51. The summed E-state index contributed by atoms with van der Waals surface area (Å²) in [5.74, 6) is -5.15. The number of rotatable bonds is 40. The Hall–Kier alpha value is 0.733. The second-order valence-electron chi connectivity index (χ2n) is 15.6. The summed E-state index contributed by atoms with van der Waals surface area (Å²) in [4.78, 5) is 62.8.